The lowest BCUT2D eigenvalue weighted by molar-refractivity contribution is 0.305. The third kappa shape index (κ3) is 2.57. The van der Waals surface area contributed by atoms with Gasteiger partial charge >= 0.3 is 0 Å². The van der Waals surface area contributed by atoms with Crippen molar-refractivity contribution in [1.82, 2.24) is 4.98 Å². The Kier molecular flexibility index (Phi) is 2.91. The van der Waals surface area contributed by atoms with Crippen LogP contribution in [-0.2, 0) is 6.61 Å². The van der Waals surface area contributed by atoms with Gasteiger partial charge in [-0.1, -0.05) is 0 Å². The molecule has 19 heavy (non-hydrogen) atoms. The Balaban J connectivity index is 1.77. The van der Waals surface area contributed by atoms with Crippen molar-refractivity contribution >= 4 is 10.9 Å². The summed E-state index contributed by atoms with van der Waals surface area (Å²) in [7, 11) is 0. The minimum absolute atomic E-state index is 0.130. The molecule has 0 aliphatic rings. The minimum Gasteiger partial charge on any atom is -0.489 e. The van der Waals surface area contributed by atoms with E-state index in [1.807, 2.05) is 30.5 Å². The maximum atomic E-state index is 13.0. The minimum atomic E-state index is -0.598. The van der Waals surface area contributed by atoms with Gasteiger partial charge in [-0.15, -0.1) is 0 Å². The summed E-state index contributed by atoms with van der Waals surface area (Å²) in [5.41, 5.74) is 1.48. The van der Waals surface area contributed by atoms with E-state index in [1.54, 1.807) is 0 Å². The van der Waals surface area contributed by atoms with Crippen LogP contribution in [0.4, 0.5) is 8.78 Å². The van der Waals surface area contributed by atoms with Gasteiger partial charge < -0.3 is 9.72 Å². The van der Waals surface area contributed by atoms with Gasteiger partial charge in [-0.3, -0.25) is 0 Å². The zero-order chi connectivity index (χ0) is 13.2. The molecule has 0 spiro atoms. The number of rotatable bonds is 3. The van der Waals surface area contributed by atoms with E-state index in [4.69, 9.17) is 4.74 Å². The Hall–Kier alpha value is -2.36. The Labute approximate surface area is 108 Å². The quantitative estimate of drug-likeness (QED) is 0.754. The molecule has 96 valence electrons. The molecule has 0 saturated heterocycles. The first-order valence-electron chi connectivity index (χ1n) is 5.86. The number of fused-ring (bicyclic) bond motifs is 1. The summed E-state index contributed by atoms with van der Waals surface area (Å²) < 4.78 is 31.6. The summed E-state index contributed by atoms with van der Waals surface area (Å²) in [5.74, 6) is -0.531. The van der Waals surface area contributed by atoms with Crippen LogP contribution in [0.3, 0.4) is 0 Å². The Morgan fingerprint density at radius 1 is 0.947 bits per heavy atom. The van der Waals surface area contributed by atoms with Crippen LogP contribution < -0.4 is 4.74 Å². The van der Waals surface area contributed by atoms with E-state index in [9.17, 15) is 8.78 Å². The normalized spacial score (nSPS) is 10.8. The molecule has 0 atom stereocenters. The fourth-order valence-electron chi connectivity index (χ4n) is 1.98. The number of aromatic nitrogens is 1. The van der Waals surface area contributed by atoms with Gasteiger partial charge in [0.15, 0.2) is 0 Å². The topological polar surface area (TPSA) is 25.0 Å². The first-order chi connectivity index (χ1) is 9.20. The van der Waals surface area contributed by atoms with Crippen LogP contribution in [0.1, 0.15) is 5.56 Å². The highest BCUT2D eigenvalue weighted by Gasteiger charge is 2.03. The Morgan fingerprint density at radius 2 is 1.74 bits per heavy atom. The van der Waals surface area contributed by atoms with Crippen LogP contribution in [0.5, 0.6) is 5.75 Å². The molecule has 3 aromatic rings. The molecule has 3 rings (SSSR count). The van der Waals surface area contributed by atoms with Crippen molar-refractivity contribution in [3.63, 3.8) is 0 Å². The average molecular weight is 259 g/mol. The molecule has 0 unspecified atom stereocenters. The summed E-state index contributed by atoms with van der Waals surface area (Å²) in [4.78, 5) is 3.08. The van der Waals surface area contributed by atoms with Gasteiger partial charge in [-0.05, 0) is 42.0 Å². The van der Waals surface area contributed by atoms with Gasteiger partial charge in [0.05, 0.1) is 0 Å². The van der Waals surface area contributed by atoms with Crippen molar-refractivity contribution in [2.75, 3.05) is 0 Å². The molecule has 0 fully saturated rings. The van der Waals surface area contributed by atoms with Crippen LogP contribution in [0.25, 0.3) is 10.9 Å². The van der Waals surface area contributed by atoms with Gasteiger partial charge in [0.2, 0.25) is 0 Å². The summed E-state index contributed by atoms with van der Waals surface area (Å²) in [6, 6.07) is 10.9. The summed E-state index contributed by atoms with van der Waals surface area (Å²) >= 11 is 0. The molecule has 2 nitrogen and oxygen atoms in total. The van der Waals surface area contributed by atoms with Crippen molar-refractivity contribution in [3.05, 3.63) is 65.9 Å². The third-order valence-corrected chi connectivity index (χ3v) is 2.85. The fourth-order valence-corrected chi connectivity index (χ4v) is 1.98. The molecule has 1 heterocycles. The van der Waals surface area contributed by atoms with Crippen molar-refractivity contribution < 1.29 is 13.5 Å². The van der Waals surface area contributed by atoms with Gasteiger partial charge in [0, 0.05) is 23.2 Å². The third-order valence-electron chi connectivity index (χ3n) is 2.85. The van der Waals surface area contributed by atoms with E-state index < -0.39 is 11.6 Å². The average Bonchev–Trinajstić information content (AvgIpc) is 2.82. The molecule has 2 aromatic carbocycles. The van der Waals surface area contributed by atoms with E-state index in [-0.39, 0.29) is 6.61 Å². The monoisotopic (exact) mass is 259 g/mol. The number of nitrogens with one attached hydrogen (secondary N) is 1. The van der Waals surface area contributed by atoms with E-state index in [0.717, 1.165) is 17.0 Å². The second kappa shape index (κ2) is 4.72. The number of halogens is 2. The number of aromatic amines is 1. The van der Waals surface area contributed by atoms with Gasteiger partial charge in [-0.25, -0.2) is 8.78 Å². The molecule has 0 aliphatic heterocycles. The highest BCUT2D eigenvalue weighted by Crippen LogP contribution is 2.20. The first-order valence-corrected chi connectivity index (χ1v) is 5.86. The number of benzene rings is 2. The van der Waals surface area contributed by atoms with Crippen LogP contribution >= 0.6 is 0 Å². The van der Waals surface area contributed by atoms with Gasteiger partial charge in [-0.2, -0.15) is 0 Å². The summed E-state index contributed by atoms with van der Waals surface area (Å²) in [6.45, 7) is 0.130. The zero-order valence-corrected chi connectivity index (χ0v) is 9.99. The molecule has 0 saturated carbocycles. The molecule has 1 N–H and O–H groups in total. The number of H-pyrrole nitrogens is 1. The Morgan fingerprint density at radius 3 is 2.53 bits per heavy atom. The van der Waals surface area contributed by atoms with E-state index in [2.05, 4.69) is 4.98 Å². The highest BCUT2D eigenvalue weighted by molar-refractivity contribution is 5.80. The SMILES string of the molecule is Fc1cc(F)cc(COc2ccc3[nH]ccc3c2)c1. The number of hydrogen-bond donors (Lipinski definition) is 1. The largest absolute Gasteiger partial charge is 0.489 e. The standard InChI is InChI=1S/C15H11F2NO/c16-12-5-10(6-13(17)8-12)9-19-14-1-2-15-11(7-14)3-4-18-15/h1-8,18H,9H2. The fraction of sp³-hybridized carbons (Fsp3) is 0.0667. The van der Waals surface area contributed by atoms with Crippen LogP contribution in [0.2, 0.25) is 0 Å². The van der Waals surface area contributed by atoms with Crippen molar-refractivity contribution in [2.45, 2.75) is 6.61 Å². The lowest BCUT2D eigenvalue weighted by Gasteiger charge is -2.07. The van der Waals surface area contributed by atoms with Crippen LogP contribution in [0.15, 0.2) is 48.7 Å². The lowest BCUT2D eigenvalue weighted by atomic mass is 10.2. The van der Waals surface area contributed by atoms with Gasteiger partial charge in [0.25, 0.3) is 0 Å². The molecule has 1 aromatic heterocycles. The first kappa shape index (κ1) is 11.7. The lowest BCUT2D eigenvalue weighted by Crippen LogP contribution is -1.97. The maximum absolute atomic E-state index is 13.0. The molecule has 0 aliphatic carbocycles. The molecular formula is C15H11F2NO. The number of hydrogen-bond acceptors (Lipinski definition) is 1. The molecule has 0 amide bonds. The summed E-state index contributed by atoms with van der Waals surface area (Å²) in [6.07, 6.45) is 1.84. The second-order valence-electron chi connectivity index (χ2n) is 4.29. The van der Waals surface area contributed by atoms with Crippen molar-refractivity contribution in [1.29, 1.82) is 0 Å². The van der Waals surface area contributed by atoms with Gasteiger partial charge in [0.1, 0.15) is 24.0 Å². The van der Waals surface area contributed by atoms with Crippen molar-refractivity contribution in [2.24, 2.45) is 0 Å². The smallest absolute Gasteiger partial charge is 0.126 e. The predicted octanol–water partition coefficient (Wildman–Crippen LogP) is 4.03. The number of ether oxygens (including phenoxy) is 1. The second-order valence-corrected chi connectivity index (χ2v) is 4.29. The van der Waals surface area contributed by atoms with Crippen LogP contribution in [-0.4, -0.2) is 4.98 Å². The van der Waals surface area contributed by atoms with E-state index in [0.29, 0.717) is 11.3 Å². The molecular weight excluding hydrogens is 248 g/mol. The molecule has 4 heteroatoms. The molecule has 0 radical (unpaired) electrons. The van der Waals surface area contributed by atoms with E-state index >= 15 is 0 Å². The highest BCUT2D eigenvalue weighted by atomic mass is 19.1. The maximum Gasteiger partial charge on any atom is 0.126 e. The Bertz CT molecular complexity index is 701. The van der Waals surface area contributed by atoms with Crippen LogP contribution in [0, 0.1) is 11.6 Å². The summed E-state index contributed by atoms with van der Waals surface area (Å²) in [5, 5.41) is 1.03. The van der Waals surface area contributed by atoms with Crippen molar-refractivity contribution in [3.8, 4) is 5.75 Å². The molecule has 0 bridgehead atoms. The predicted molar refractivity (Wildman–Crippen MR) is 69.0 cm³/mol. The van der Waals surface area contributed by atoms with E-state index in [1.165, 1.54) is 12.1 Å². The zero-order valence-electron chi connectivity index (χ0n) is 9.99.